The van der Waals surface area contributed by atoms with Crippen LogP contribution in [0.1, 0.15) is 49.5 Å². The summed E-state index contributed by atoms with van der Waals surface area (Å²) in [6.45, 7) is 6.13. The first-order chi connectivity index (χ1) is 14.8. The Bertz CT molecular complexity index is 954. The SMILES string of the molecule is CC(C)C(=O)N1CCc2cc(C(O)CN3CCC(O)(c4ccccc4F)CC3)ccc21. The number of carbonyl (C=O) groups excluding carboxylic acids is 1. The highest BCUT2D eigenvalue weighted by atomic mass is 19.1. The fourth-order valence-electron chi connectivity index (χ4n) is 4.73. The van der Waals surface area contributed by atoms with Gasteiger partial charge in [0.2, 0.25) is 5.91 Å². The van der Waals surface area contributed by atoms with E-state index in [0.29, 0.717) is 44.6 Å². The summed E-state index contributed by atoms with van der Waals surface area (Å²) >= 11 is 0. The number of likely N-dealkylation sites (tertiary alicyclic amines) is 1. The van der Waals surface area contributed by atoms with Gasteiger partial charge in [0.25, 0.3) is 0 Å². The van der Waals surface area contributed by atoms with Crippen molar-refractivity contribution in [3.63, 3.8) is 0 Å². The molecule has 4 rings (SSSR count). The largest absolute Gasteiger partial charge is 0.387 e. The molecule has 0 spiro atoms. The van der Waals surface area contributed by atoms with Crippen LogP contribution in [0.5, 0.6) is 0 Å². The van der Waals surface area contributed by atoms with Crippen molar-refractivity contribution in [2.75, 3.05) is 31.1 Å². The van der Waals surface area contributed by atoms with Crippen molar-refractivity contribution in [2.45, 2.75) is 44.8 Å². The van der Waals surface area contributed by atoms with Crippen molar-refractivity contribution in [3.8, 4) is 0 Å². The molecule has 1 amide bonds. The van der Waals surface area contributed by atoms with Crippen molar-refractivity contribution in [1.82, 2.24) is 4.90 Å². The molecular weight excluding hydrogens is 395 g/mol. The van der Waals surface area contributed by atoms with Gasteiger partial charge in [0.05, 0.1) is 11.7 Å². The van der Waals surface area contributed by atoms with Crippen molar-refractivity contribution in [2.24, 2.45) is 5.92 Å². The molecule has 1 unspecified atom stereocenters. The number of nitrogens with zero attached hydrogens (tertiary/aromatic N) is 2. The minimum atomic E-state index is -1.16. The van der Waals surface area contributed by atoms with Crippen LogP contribution >= 0.6 is 0 Å². The van der Waals surface area contributed by atoms with E-state index >= 15 is 0 Å². The Kier molecular flexibility index (Phi) is 6.15. The maximum Gasteiger partial charge on any atom is 0.229 e. The van der Waals surface area contributed by atoms with Crippen LogP contribution in [0, 0.1) is 11.7 Å². The van der Waals surface area contributed by atoms with Crippen molar-refractivity contribution >= 4 is 11.6 Å². The number of aliphatic hydroxyl groups excluding tert-OH is 1. The molecule has 2 heterocycles. The number of amides is 1. The third-order valence-electron chi connectivity index (χ3n) is 6.63. The van der Waals surface area contributed by atoms with Crippen molar-refractivity contribution in [3.05, 3.63) is 65.0 Å². The van der Waals surface area contributed by atoms with Gasteiger partial charge in [-0.05, 0) is 42.5 Å². The molecule has 2 aliphatic rings. The van der Waals surface area contributed by atoms with Crippen LogP contribution in [-0.2, 0) is 16.8 Å². The van der Waals surface area contributed by atoms with Crippen LogP contribution in [0.25, 0.3) is 0 Å². The molecule has 31 heavy (non-hydrogen) atoms. The molecule has 166 valence electrons. The second-order valence-corrected chi connectivity index (χ2v) is 9.11. The predicted octanol–water partition coefficient (Wildman–Crippen LogP) is 3.39. The first kappa shape index (κ1) is 21.9. The molecule has 6 heteroatoms. The molecule has 1 fully saturated rings. The lowest BCUT2D eigenvalue weighted by Crippen LogP contribution is -2.44. The van der Waals surface area contributed by atoms with Crippen molar-refractivity contribution in [1.29, 1.82) is 0 Å². The minimum Gasteiger partial charge on any atom is -0.387 e. The van der Waals surface area contributed by atoms with E-state index in [1.54, 1.807) is 18.2 Å². The molecule has 0 radical (unpaired) electrons. The molecule has 2 N–H and O–H groups in total. The van der Waals surface area contributed by atoms with E-state index in [4.69, 9.17) is 0 Å². The van der Waals surface area contributed by atoms with Crippen LogP contribution in [0.4, 0.5) is 10.1 Å². The summed E-state index contributed by atoms with van der Waals surface area (Å²) < 4.78 is 14.1. The Morgan fingerprint density at radius 3 is 2.52 bits per heavy atom. The second-order valence-electron chi connectivity index (χ2n) is 9.11. The molecule has 0 saturated carbocycles. The zero-order valence-electron chi connectivity index (χ0n) is 18.2. The number of rotatable bonds is 5. The monoisotopic (exact) mass is 426 g/mol. The van der Waals surface area contributed by atoms with E-state index in [1.165, 1.54) is 6.07 Å². The molecule has 0 bridgehead atoms. The molecular formula is C25H31FN2O3. The van der Waals surface area contributed by atoms with E-state index in [2.05, 4.69) is 4.90 Å². The number of piperidine rings is 1. The zero-order valence-corrected chi connectivity index (χ0v) is 18.2. The molecule has 2 aliphatic heterocycles. The highest BCUT2D eigenvalue weighted by Crippen LogP contribution is 2.35. The highest BCUT2D eigenvalue weighted by Gasteiger charge is 2.36. The number of anilines is 1. The Morgan fingerprint density at radius 1 is 1.13 bits per heavy atom. The highest BCUT2D eigenvalue weighted by molar-refractivity contribution is 5.96. The lowest BCUT2D eigenvalue weighted by atomic mass is 9.84. The van der Waals surface area contributed by atoms with Gasteiger partial charge < -0.3 is 20.0 Å². The van der Waals surface area contributed by atoms with Gasteiger partial charge in [0.15, 0.2) is 0 Å². The Morgan fingerprint density at radius 2 is 1.84 bits per heavy atom. The number of aliphatic hydroxyl groups is 2. The first-order valence-electron chi connectivity index (χ1n) is 11.1. The molecule has 0 aromatic heterocycles. The predicted molar refractivity (Wildman–Crippen MR) is 118 cm³/mol. The van der Waals surface area contributed by atoms with Gasteiger partial charge >= 0.3 is 0 Å². The number of halogens is 1. The maximum absolute atomic E-state index is 14.1. The van der Waals surface area contributed by atoms with E-state index < -0.39 is 11.7 Å². The third kappa shape index (κ3) is 4.38. The van der Waals surface area contributed by atoms with Crippen molar-refractivity contribution < 1.29 is 19.4 Å². The van der Waals surface area contributed by atoms with Gasteiger partial charge in [0, 0.05) is 43.3 Å². The van der Waals surface area contributed by atoms with E-state index in [9.17, 15) is 19.4 Å². The van der Waals surface area contributed by atoms with Crippen LogP contribution < -0.4 is 4.90 Å². The van der Waals surface area contributed by atoms with E-state index in [0.717, 1.165) is 23.2 Å². The average Bonchev–Trinajstić information content (AvgIpc) is 3.18. The summed E-state index contributed by atoms with van der Waals surface area (Å²) in [5.74, 6) is -0.289. The van der Waals surface area contributed by atoms with Gasteiger partial charge in [-0.2, -0.15) is 0 Å². The van der Waals surface area contributed by atoms with Crippen LogP contribution in [-0.4, -0.2) is 47.2 Å². The van der Waals surface area contributed by atoms with Crippen LogP contribution in [0.15, 0.2) is 42.5 Å². The molecule has 1 saturated heterocycles. The van der Waals surface area contributed by atoms with Gasteiger partial charge in [-0.3, -0.25) is 4.79 Å². The Labute approximate surface area is 183 Å². The Hall–Kier alpha value is -2.28. The number of β-amino-alcohol motifs (C(OH)–C–C–N with tert-alkyl or cyclic N) is 1. The lowest BCUT2D eigenvalue weighted by molar-refractivity contribution is -0.121. The number of hydrogen-bond acceptors (Lipinski definition) is 4. The fraction of sp³-hybridized carbons (Fsp3) is 0.480. The summed E-state index contributed by atoms with van der Waals surface area (Å²) in [6, 6.07) is 12.2. The molecule has 0 aliphatic carbocycles. The molecule has 2 aromatic carbocycles. The summed E-state index contributed by atoms with van der Waals surface area (Å²) in [4.78, 5) is 16.3. The summed E-state index contributed by atoms with van der Waals surface area (Å²) in [6.07, 6.45) is 1.00. The van der Waals surface area contributed by atoms with E-state index in [1.807, 2.05) is 36.9 Å². The lowest BCUT2D eigenvalue weighted by Gasteiger charge is -2.39. The molecule has 5 nitrogen and oxygen atoms in total. The zero-order chi connectivity index (χ0) is 22.2. The molecule has 1 atom stereocenters. The topological polar surface area (TPSA) is 64.0 Å². The second kappa shape index (κ2) is 8.69. The third-order valence-corrected chi connectivity index (χ3v) is 6.63. The summed E-state index contributed by atoms with van der Waals surface area (Å²) in [5, 5.41) is 21.8. The van der Waals surface area contributed by atoms with Crippen LogP contribution in [0.3, 0.4) is 0 Å². The van der Waals surface area contributed by atoms with Gasteiger partial charge in [-0.25, -0.2) is 4.39 Å². The average molecular weight is 427 g/mol. The number of benzene rings is 2. The van der Waals surface area contributed by atoms with Gasteiger partial charge in [-0.15, -0.1) is 0 Å². The Balaban J connectivity index is 1.38. The van der Waals surface area contributed by atoms with Crippen LogP contribution in [0.2, 0.25) is 0 Å². The fourth-order valence-corrected chi connectivity index (χ4v) is 4.73. The van der Waals surface area contributed by atoms with E-state index in [-0.39, 0.29) is 17.6 Å². The van der Waals surface area contributed by atoms with Gasteiger partial charge in [0.1, 0.15) is 5.82 Å². The number of fused-ring (bicyclic) bond motifs is 1. The summed E-state index contributed by atoms with van der Waals surface area (Å²) in [7, 11) is 0. The minimum absolute atomic E-state index is 0.0432. The maximum atomic E-state index is 14.1. The van der Waals surface area contributed by atoms with Gasteiger partial charge in [-0.1, -0.05) is 44.2 Å². The number of carbonyl (C=O) groups is 1. The first-order valence-corrected chi connectivity index (χ1v) is 11.1. The quantitative estimate of drug-likeness (QED) is 0.769. The molecule has 2 aromatic rings. The summed E-state index contributed by atoms with van der Waals surface area (Å²) in [5.41, 5.74) is 2.08. The standard InChI is InChI=1S/C25H31FN2O3/c1-17(2)24(30)28-12-9-18-15-19(7-8-22(18)28)23(29)16-27-13-10-25(31,11-14-27)20-5-3-4-6-21(20)26/h3-8,15,17,23,29,31H,9-14,16H2,1-2H3. The number of hydrogen-bond donors (Lipinski definition) is 2. The normalized spacial score (nSPS) is 19.5. The smallest absolute Gasteiger partial charge is 0.229 e.